The molecule has 2 heterocycles. The molecule has 1 aromatic carbocycles. The van der Waals surface area contributed by atoms with Crippen LogP contribution in [0.3, 0.4) is 0 Å². The van der Waals surface area contributed by atoms with Crippen molar-refractivity contribution in [3.8, 4) is 0 Å². The zero-order chi connectivity index (χ0) is 18.7. The maximum atomic E-state index is 12.7. The van der Waals surface area contributed by atoms with Crippen molar-refractivity contribution in [1.82, 2.24) is 14.5 Å². The lowest BCUT2D eigenvalue weighted by molar-refractivity contribution is -0.139. The van der Waals surface area contributed by atoms with Crippen molar-refractivity contribution in [2.24, 2.45) is 0 Å². The summed E-state index contributed by atoms with van der Waals surface area (Å²) in [6, 6.07) is 7.86. The fourth-order valence-electron chi connectivity index (χ4n) is 3.50. The number of carbonyl (C=O) groups is 2. The summed E-state index contributed by atoms with van der Waals surface area (Å²) in [7, 11) is 0. The number of aryl methyl sites for hydroxylation is 3. The second-order valence-electron chi connectivity index (χ2n) is 6.80. The predicted molar refractivity (Wildman–Crippen MR) is 101 cm³/mol. The number of amides is 2. The number of aromatic nitrogens is 2. The van der Waals surface area contributed by atoms with Gasteiger partial charge in [0.25, 0.3) is 0 Å². The van der Waals surface area contributed by atoms with E-state index in [0.29, 0.717) is 19.5 Å². The third-order valence-corrected chi connectivity index (χ3v) is 5.00. The predicted octanol–water partition coefficient (Wildman–Crippen LogP) is 2.41. The van der Waals surface area contributed by atoms with E-state index in [1.165, 1.54) is 0 Å². The van der Waals surface area contributed by atoms with Crippen molar-refractivity contribution in [2.75, 3.05) is 18.0 Å². The molecule has 0 saturated carbocycles. The fraction of sp³-hybridized carbons (Fsp3) is 0.450. The van der Waals surface area contributed by atoms with Gasteiger partial charge < -0.3 is 14.4 Å². The van der Waals surface area contributed by atoms with Crippen LogP contribution >= 0.6 is 0 Å². The molecular formula is C20H26N4O2. The number of carbonyl (C=O) groups excluding carboxylic acids is 2. The third-order valence-electron chi connectivity index (χ3n) is 5.00. The van der Waals surface area contributed by atoms with Crippen LogP contribution in [0.15, 0.2) is 36.7 Å². The fourth-order valence-corrected chi connectivity index (χ4v) is 3.50. The molecule has 0 aliphatic carbocycles. The molecule has 0 radical (unpaired) electrons. The van der Waals surface area contributed by atoms with Crippen LogP contribution in [0.4, 0.5) is 5.69 Å². The van der Waals surface area contributed by atoms with Gasteiger partial charge in [0.15, 0.2) is 0 Å². The molecule has 0 N–H and O–H groups in total. The minimum Gasteiger partial charge on any atom is -0.334 e. The molecule has 6 heteroatoms. The Hall–Kier alpha value is -2.63. The Bertz CT molecular complexity index is 799. The Balaban J connectivity index is 1.65. The molecular weight excluding hydrogens is 328 g/mol. The summed E-state index contributed by atoms with van der Waals surface area (Å²) >= 11 is 0. The highest BCUT2D eigenvalue weighted by Crippen LogP contribution is 2.24. The normalized spacial score (nSPS) is 17.7. The van der Waals surface area contributed by atoms with Crippen molar-refractivity contribution in [3.63, 3.8) is 0 Å². The smallest absolute Gasteiger partial charge is 0.246 e. The van der Waals surface area contributed by atoms with Crippen LogP contribution in [0.25, 0.3) is 0 Å². The van der Waals surface area contributed by atoms with Gasteiger partial charge in [-0.1, -0.05) is 25.1 Å². The summed E-state index contributed by atoms with van der Waals surface area (Å²) < 4.78 is 2.01. The second-order valence-corrected chi connectivity index (χ2v) is 6.80. The van der Waals surface area contributed by atoms with Gasteiger partial charge in [0, 0.05) is 50.1 Å². The first-order valence-electron chi connectivity index (χ1n) is 9.16. The van der Waals surface area contributed by atoms with Gasteiger partial charge in [-0.05, 0) is 25.5 Å². The van der Waals surface area contributed by atoms with Gasteiger partial charge in [-0.15, -0.1) is 0 Å². The van der Waals surface area contributed by atoms with Crippen molar-refractivity contribution in [2.45, 2.75) is 46.2 Å². The number of nitrogens with zero attached hydrogens (tertiary/aromatic N) is 4. The first kappa shape index (κ1) is 18.2. The van der Waals surface area contributed by atoms with E-state index in [2.05, 4.69) is 4.98 Å². The maximum Gasteiger partial charge on any atom is 0.246 e. The first-order chi connectivity index (χ1) is 12.5. The summed E-state index contributed by atoms with van der Waals surface area (Å²) in [5.41, 5.74) is 2.00. The van der Waals surface area contributed by atoms with Crippen LogP contribution < -0.4 is 4.90 Å². The van der Waals surface area contributed by atoms with E-state index in [-0.39, 0.29) is 24.4 Å². The summed E-state index contributed by atoms with van der Waals surface area (Å²) in [5.74, 6) is 0.972. The van der Waals surface area contributed by atoms with Crippen LogP contribution in [0.1, 0.15) is 31.7 Å². The highest BCUT2D eigenvalue weighted by atomic mass is 16.2. The largest absolute Gasteiger partial charge is 0.334 e. The number of imidazole rings is 1. The number of rotatable bonds is 5. The number of hydrogen-bond acceptors (Lipinski definition) is 3. The quantitative estimate of drug-likeness (QED) is 0.828. The summed E-state index contributed by atoms with van der Waals surface area (Å²) in [5, 5.41) is 0. The van der Waals surface area contributed by atoms with Crippen LogP contribution in [0.5, 0.6) is 0 Å². The lowest BCUT2D eigenvalue weighted by Crippen LogP contribution is -2.57. The van der Waals surface area contributed by atoms with Crippen molar-refractivity contribution < 1.29 is 9.59 Å². The van der Waals surface area contributed by atoms with Gasteiger partial charge >= 0.3 is 0 Å². The topological polar surface area (TPSA) is 58.4 Å². The molecule has 0 bridgehead atoms. The SMILES string of the molecule is CCc1nccn1CCC(=O)N1CC(=O)N(c2ccccc2C)C[C@H]1C. The number of hydrogen-bond donors (Lipinski definition) is 0. The molecule has 26 heavy (non-hydrogen) atoms. The minimum absolute atomic E-state index is 0.00626. The zero-order valence-corrected chi connectivity index (χ0v) is 15.7. The lowest BCUT2D eigenvalue weighted by atomic mass is 10.1. The van der Waals surface area contributed by atoms with Gasteiger partial charge in [-0.25, -0.2) is 4.98 Å². The van der Waals surface area contributed by atoms with E-state index in [1.807, 2.05) is 55.8 Å². The monoisotopic (exact) mass is 354 g/mol. The Labute approximate surface area is 154 Å². The Kier molecular flexibility index (Phi) is 5.40. The molecule has 6 nitrogen and oxygen atoms in total. The van der Waals surface area contributed by atoms with Crippen molar-refractivity contribution in [3.05, 3.63) is 48.0 Å². The molecule has 1 aliphatic heterocycles. The van der Waals surface area contributed by atoms with Crippen molar-refractivity contribution >= 4 is 17.5 Å². The number of anilines is 1. The van der Waals surface area contributed by atoms with Gasteiger partial charge in [0.1, 0.15) is 12.4 Å². The van der Waals surface area contributed by atoms with Gasteiger partial charge in [0.05, 0.1) is 0 Å². The molecule has 2 amide bonds. The van der Waals surface area contributed by atoms with Crippen molar-refractivity contribution in [1.29, 1.82) is 0 Å². The van der Waals surface area contributed by atoms with Crippen LogP contribution in [-0.2, 0) is 22.6 Å². The van der Waals surface area contributed by atoms with Crippen LogP contribution in [0.2, 0.25) is 0 Å². The average Bonchev–Trinajstić information content (AvgIpc) is 3.09. The molecule has 1 aliphatic rings. The molecule has 1 aromatic heterocycles. The van der Waals surface area contributed by atoms with E-state index in [4.69, 9.17) is 0 Å². The molecule has 0 unspecified atom stereocenters. The van der Waals surface area contributed by atoms with E-state index in [0.717, 1.165) is 23.5 Å². The molecule has 3 rings (SSSR count). The molecule has 1 fully saturated rings. The van der Waals surface area contributed by atoms with E-state index >= 15 is 0 Å². The standard InChI is InChI=1S/C20H26N4O2/c1-4-18-21-10-12-22(18)11-9-19(25)23-14-20(26)24(13-16(23)3)17-8-6-5-7-15(17)2/h5-8,10,12,16H,4,9,11,13-14H2,1-3H3/t16-/m1/s1. The highest BCUT2D eigenvalue weighted by Gasteiger charge is 2.33. The molecule has 0 spiro atoms. The lowest BCUT2D eigenvalue weighted by Gasteiger charge is -2.40. The number of piperazine rings is 1. The average molecular weight is 354 g/mol. The zero-order valence-electron chi connectivity index (χ0n) is 15.7. The second kappa shape index (κ2) is 7.72. The Morgan fingerprint density at radius 2 is 2.08 bits per heavy atom. The molecule has 1 saturated heterocycles. The first-order valence-corrected chi connectivity index (χ1v) is 9.16. The molecule has 2 aromatic rings. The van der Waals surface area contributed by atoms with E-state index < -0.39 is 0 Å². The number of para-hydroxylation sites is 1. The third kappa shape index (κ3) is 3.64. The molecule has 1 atom stereocenters. The van der Waals surface area contributed by atoms with Gasteiger partial charge in [-0.2, -0.15) is 0 Å². The van der Waals surface area contributed by atoms with Gasteiger partial charge in [-0.3, -0.25) is 9.59 Å². The minimum atomic E-state index is -0.0253. The van der Waals surface area contributed by atoms with E-state index in [9.17, 15) is 9.59 Å². The highest BCUT2D eigenvalue weighted by molar-refractivity contribution is 5.98. The Morgan fingerprint density at radius 1 is 1.31 bits per heavy atom. The maximum absolute atomic E-state index is 12.7. The summed E-state index contributed by atoms with van der Waals surface area (Å²) in [4.78, 5) is 33.1. The summed E-state index contributed by atoms with van der Waals surface area (Å²) in [6.07, 6.45) is 4.88. The van der Waals surface area contributed by atoms with Crippen LogP contribution in [-0.4, -0.2) is 45.4 Å². The Morgan fingerprint density at radius 3 is 2.81 bits per heavy atom. The van der Waals surface area contributed by atoms with E-state index in [1.54, 1.807) is 16.0 Å². The summed E-state index contributed by atoms with van der Waals surface area (Å²) in [6.45, 7) is 7.32. The molecule has 138 valence electrons. The number of benzene rings is 1. The van der Waals surface area contributed by atoms with Crippen LogP contribution in [0, 0.1) is 6.92 Å². The van der Waals surface area contributed by atoms with Gasteiger partial charge in [0.2, 0.25) is 11.8 Å².